The number of carboxylic acid groups (broad SMARTS) is 1. The highest BCUT2D eigenvalue weighted by molar-refractivity contribution is 5.71. The Morgan fingerprint density at radius 2 is 2.27 bits per heavy atom. The van der Waals surface area contributed by atoms with Crippen molar-refractivity contribution < 1.29 is 9.90 Å². The van der Waals surface area contributed by atoms with Gasteiger partial charge in [-0.1, -0.05) is 31.9 Å². The molecule has 1 N–H and O–H groups in total. The van der Waals surface area contributed by atoms with Gasteiger partial charge in [0.1, 0.15) is 0 Å². The third-order valence-electron chi connectivity index (χ3n) is 1.61. The number of hydrogen-bond donors (Lipinski definition) is 1. The molecule has 0 radical (unpaired) electrons. The number of hydrogen-bond acceptors (Lipinski definition) is 1. The molecule has 0 fully saturated rings. The molecule has 0 heterocycles. The van der Waals surface area contributed by atoms with Gasteiger partial charge in [0.2, 0.25) is 0 Å². The Labute approximate surface area is 67.9 Å². The zero-order chi connectivity index (χ0) is 8.69. The van der Waals surface area contributed by atoms with E-state index in [0.717, 1.165) is 19.3 Å². The van der Waals surface area contributed by atoms with Gasteiger partial charge < -0.3 is 5.11 Å². The SMILES string of the molecule is CC=CC(CCCC)C(=O)O. The Balaban J connectivity index is 3.79. The summed E-state index contributed by atoms with van der Waals surface area (Å²) in [4.78, 5) is 10.5. The van der Waals surface area contributed by atoms with Gasteiger partial charge in [0.25, 0.3) is 0 Å². The van der Waals surface area contributed by atoms with Gasteiger partial charge in [-0.2, -0.15) is 0 Å². The van der Waals surface area contributed by atoms with Crippen molar-refractivity contribution in [1.82, 2.24) is 0 Å². The second-order valence-corrected chi connectivity index (χ2v) is 2.61. The molecule has 64 valence electrons. The van der Waals surface area contributed by atoms with Gasteiger partial charge in [0.05, 0.1) is 5.92 Å². The lowest BCUT2D eigenvalue weighted by molar-refractivity contribution is -0.140. The number of allylic oxidation sites excluding steroid dienone is 1. The Morgan fingerprint density at radius 1 is 1.64 bits per heavy atom. The summed E-state index contributed by atoms with van der Waals surface area (Å²) in [5, 5.41) is 8.68. The molecule has 2 nitrogen and oxygen atoms in total. The first-order valence-electron chi connectivity index (χ1n) is 4.08. The molecule has 2 heteroatoms. The predicted molar refractivity (Wildman–Crippen MR) is 45.5 cm³/mol. The van der Waals surface area contributed by atoms with E-state index in [9.17, 15) is 4.79 Å². The minimum Gasteiger partial charge on any atom is -0.481 e. The fourth-order valence-electron chi connectivity index (χ4n) is 0.958. The first kappa shape index (κ1) is 10.2. The lowest BCUT2D eigenvalue weighted by Gasteiger charge is -2.04. The van der Waals surface area contributed by atoms with E-state index in [2.05, 4.69) is 6.92 Å². The van der Waals surface area contributed by atoms with E-state index < -0.39 is 5.97 Å². The maximum atomic E-state index is 10.5. The van der Waals surface area contributed by atoms with Crippen molar-refractivity contribution in [2.75, 3.05) is 0 Å². The Hall–Kier alpha value is -0.790. The summed E-state index contributed by atoms with van der Waals surface area (Å²) in [6.45, 7) is 3.91. The zero-order valence-electron chi connectivity index (χ0n) is 7.21. The molecule has 0 aromatic carbocycles. The number of carboxylic acids is 1. The minimum absolute atomic E-state index is 0.278. The number of carbonyl (C=O) groups is 1. The fourth-order valence-corrected chi connectivity index (χ4v) is 0.958. The van der Waals surface area contributed by atoms with E-state index in [0.29, 0.717) is 0 Å². The van der Waals surface area contributed by atoms with Crippen LogP contribution in [0.5, 0.6) is 0 Å². The van der Waals surface area contributed by atoms with Gasteiger partial charge in [-0.15, -0.1) is 0 Å². The molecule has 0 aliphatic heterocycles. The van der Waals surface area contributed by atoms with Crippen molar-refractivity contribution in [3.63, 3.8) is 0 Å². The van der Waals surface area contributed by atoms with Crippen LogP contribution in [0.25, 0.3) is 0 Å². The maximum absolute atomic E-state index is 10.5. The van der Waals surface area contributed by atoms with Gasteiger partial charge in [-0.05, 0) is 13.3 Å². The first-order valence-corrected chi connectivity index (χ1v) is 4.08. The lowest BCUT2D eigenvalue weighted by Crippen LogP contribution is -2.10. The molecule has 0 aromatic rings. The van der Waals surface area contributed by atoms with Gasteiger partial charge >= 0.3 is 5.97 Å². The van der Waals surface area contributed by atoms with Crippen LogP contribution in [0, 0.1) is 5.92 Å². The highest BCUT2D eigenvalue weighted by atomic mass is 16.4. The monoisotopic (exact) mass is 156 g/mol. The van der Waals surface area contributed by atoms with Crippen molar-refractivity contribution in [1.29, 1.82) is 0 Å². The molecule has 0 bridgehead atoms. The van der Waals surface area contributed by atoms with Crippen molar-refractivity contribution in [2.45, 2.75) is 33.1 Å². The molecule has 0 amide bonds. The molecule has 0 aliphatic rings. The number of unbranched alkanes of at least 4 members (excludes halogenated alkanes) is 1. The van der Waals surface area contributed by atoms with Crippen LogP contribution in [0.15, 0.2) is 12.2 Å². The molecule has 1 unspecified atom stereocenters. The summed E-state index contributed by atoms with van der Waals surface area (Å²) < 4.78 is 0. The second-order valence-electron chi connectivity index (χ2n) is 2.61. The van der Waals surface area contributed by atoms with Gasteiger partial charge in [0, 0.05) is 0 Å². The average Bonchev–Trinajstić information content (AvgIpc) is 1.97. The van der Waals surface area contributed by atoms with Crippen LogP contribution >= 0.6 is 0 Å². The highest BCUT2D eigenvalue weighted by Gasteiger charge is 2.11. The Kier molecular flexibility index (Phi) is 5.53. The van der Waals surface area contributed by atoms with Gasteiger partial charge in [-0.3, -0.25) is 4.79 Å². The molecule has 1 atom stereocenters. The lowest BCUT2D eigenvalue weighted by atomic mass is 10.0. The van der Waals surface area contributed by atoms with E-state index in [1.165, 1.54) is 0 Å². The second kappa shape index (κ2) is 5.96. The van der Waals surface area contributed by atoms with E-state index in [-0.39, 0.29) is 5.92 Å². The van der Waals surface area contributed by atoms with Crippen LogP contribution in [0.4, 0.5) is 0 Å². The maximum Gasteiger partial charge on any atom is 0.310 e. The summed E-state index contributed by atoms with van der Waals surface area (Å²) in [5.74, 6) is -0.989. The normalized spacial score (nSPS) is 13.6. The summed E-state index contributed by atoms with van der Waals surface area (Å²) >= 11 is 0. The third-order valence-corrected chi connectivity index (χ3v) is 1.61. The largest absolute Gasteiger partial charge is 0.481 e. The van der Waals surface area contributed by atoms with Crippen molar-refractivity contribution in [3.8, 4) is 0 Å². The Morgan fingerprint density at radius 3 is 2.64 bits per heavy atom. The summed E-state index contributed by atoms with van der Waals surface area (Å²) in [6.07, 6.45) is 6.35. The quantitative estimate of drug-likeness (QED) is 0.621. The van der Waals surface area contributed by atoms with Crippen molar-refractivity contribution in [3.05, 3.63) is 12.2 Å². The molecular formula is C9H16O2. The van der Waals surface area contributed by atoms with Crippen LogP contribution in [0.3, 0.4) is 0 Å². The molecule has 0 saturated heterocycles. The smallest absolute Gasteiger partial charge is 0.310 e. The van der Waals surface area contributed by atoms with E-state index >= 15 is 0 Å². The van der Waals surface area contributed by atoms with Crippen molar-refractivity contribution >= 4 is 5.97 Å². The molecule has 0 aliphatic carbocycles. The first-order chi connectivity index (χ1) is 5.22. The zero-order valence-corrected chi connectivity index (χ0v) is 7.21. The molecule has 11 heavy (non-hydrogen) atoms. The molecular weight excluding hydrogens is 140 g/mol. The third kappa shape index (κ3) is 4.59. The average molecular weight is 156 g/mol. The molecule has 0 aromatic heterocycles. The number of rotatable bonds is 5. The van der Waals surface area contributed by atoms with Crippen LogP contribution in [-0.2, 0) is 4.79 Å². The summed E-state index contributed by atoms with van der Waals surface area (Å²) in [5.41, 5.74) is 0. The summed E-state index contributed by atoms with van der Waals surface area (Å²) in [7, 11) is 0. The topological polar surface area (TPSA) is 37.3 Å². The fraction of sp³-hybridized carbons (Fsp3) is 0.667. The van der Waals surface area contributed by atoms with E-state index in [4.69, 9.17) is 5.11 Å². The molecule has 0 saturated carbocycles. The van der Waals surface area contributed by atoms with Crippen LogP contribution in [-0.4, -0.2) is 11.1 Å². The van der Waals surface area contributed by atoms with Crippen molar-refractivity contribution in [2.24, 2.45) is 5.92 Å². The van der Waals surface area contributed by atoms with E-state index in [1.807, 2.05) is 6.92 Å². The van der Waals surface area contributed by atoms with Crippen LogP contribution in [0.2, 0.25) is 0 Å². The van der Waals surface area contributed by atoms with E-state index in [1.54, 1.807) is 12.2 Å². The van der Waals surface area contributed by atoms with Crippen LogP contribution < -0.4 is 0 Å². The number of aliphatic carboxylic acids is 1. The molecule has 0 rings (SSSR count). The minimum atomic E-state index is -0.712. The van der Waals surface area contributed by atoms with Gasteiger partial charge in [-0.25, -0.2) is 0 Å². The van der Waals surface area contributed by atoms with Crippen LogP contribution in [0.1, 0.15) is 33.1 Å². The molecule has 0 spiro atoms. The van der Waals surface area contributed by atoms with Gasteiger partial charge in [0.15, 0.2) is 0 Å². The summed E-state index contributed by atoms with van der Waals surface area (Å²) in [6, 6.07) is 0. The predicted octanol–water partition coefficient (Wildman–Crippen LogP) is 2.45. The Bertz CT molecular complexity index is 138. The highest BCUT2D eigenvalue weighted by Crippen LogP contribution is 2.09. The standard InChI is InChI=1S/C9H16O2/c1-3-5-7-8(6-4-2)9(10)11/h4,6,8H,3,5,7H2,1-2H3,(H,10,11).